The second kappa shape index (κ2) is 15.3. The van der Waals surface area contributed by atoms with Crippen molar-refractivity contribution < 1.29 is 29.4 Å². The van der Waals surface area contributed by atoms with Crippen LogP contribution in [0.1, 0.15) is 31.7 Å². The van der Waals surface area contributed by atoms with E-state index in [0.29, 0.717) is 19.4 Å². The molecule has 5 atom stereocenters. The molecule has 0 fully saturated rings. The summed E-state index contributed by atoms with van der Waals surface area (Å²) < 4.78 is 0. The lowest BCUT2D eigenvalue weighted by Gasteiger charge is -2.26. The highest BCUT2D eigenvalue weighted by Crippen LogP contribution is 2.05. The first-order chi connectivity index (χ1) is 16.1. The number of carboxylic acid groups (broad SMARTS) is 1. The molecule has 0 bridgehead atoms. The van der Waals surface area contributed by atoms with Gasteiger partial charge in [-0.1, -0.05) is 30.3 Å². The fourth-order valence-electron chi connectivity index (χ4n) is 3.10. The first kappa shape index (κ1) is 29.4. The number of aliphatic hydroxyl groups is 1. The van der Waals surface area contributed by atoms with Crippen molar-refractivity contribution in [2.24, 2.45) is 11.5 Å². The largest absolute Gasteiger partial charge is 0.480 e. The van der Waals surface area contributed by atoms with Crippen LogP contribution >= 0.6 is 12.6 Å². The monoisotopic (exact) mass is 497 g/mol. The van der Waals surface area contributed by atoms with E-state index in [1.165, 1.54) is 6.92 Å². The number of benzene rings is 1. The molecule has 11 nitrogen and oxygen atoms in total. The SMILES string of the molecule is CC(O)C(NC(=O)C(N)Cc1ccccc1)C(=O)NC(CS)C(=O)NC(CCCCN)C(=O)O. The molecule has 190 valence electrons. The van der Waals surface area contributed by atoms with Crippen molar-refractivity contribution in [2.75, 3.05) is 12.3 Å². The van der Waals surface area contributed by atoms with Crippen molar-refractivity contribution in [1.29, 1.82) is 0 Å². The number of rotatable bonds is 15. The number of nitrogens with two attached hydrogens (primary N) is 2. The van der Waals surface area contributed by atoms with Crippen LogP contribution in [0.25, 0.3) is 0 Å². The molecule has 1 aromatic rings. The lowest BCUT2D eigenvalue weighted by atomic mass is 10.0. The van der Waals surface area contributed by atoms with Crippen molar-refractivity contribution in [3.8, 4) is 0 Å². The topological polar surface area (TPSA) is 197 Å². The maximum atomic E-state index is 12.7. The van der Waals surface area contributed by atoms with Crippen molar-refractivity contribution >= 4 is 36.3 Å². The van der Waals surface area contributed by atoms with Gasteiger partial charge in [0, 0.05) is 5.75 Å². The zero-order valence-electron chi connectivity index (χ0n) is 19.1. The van der Waals surface area contributed by atoms with Crippen molar-refractivity contribution in [3.05, 3.63) is 35.9 Å². The molecule has 5 unspecified atom stereocenters. The number of aliphatic hydroxyl groups excluding tert-OH is 1. The summed E-state index contributed by atoms with van der Waals surface area (Å²) in [4.78, 5) is 49.2. The zero-order valence-corrected chi connectivity index (χ0v) is 20.0. The minimum atomic E-state index is -1.38. The molecule has 34 heavy (non-hydrogen) atoms. The standard InChI is InChI=1S/C22H35N5O6S/c1-13(28)18(27-19(29)15(24)11-14-7-3-2-4-8-14)21(31)26-17(12-34)20(30)25-16(22(32)33)9-5-6-10-23/h2-4,7-8,13,15-18,28,34H,5-6,9-12,23-24H2,1H3,(H,25,30)(H,26,31)(H,27,29)(H,32,33). The summed E-state index contributed by atoms with van der Waals surface area (Å²) in [7, 11) is 0. The van der Waals surface area contributed by atoms with E-state index in [2.05, 4.69) is 28.6 Å². The summed E-state index contributed by atoms with van der Waals surface area (Å²) in [5, 5.41) is 26.6. The molecule has 0 saturated heterocycles. The average Bonchev–Trinajstić information content (AvgIpc) is 2.80. The quantitative estimate of drug-likeness (QED) is 0.106. The number of hydrogen-bond donors (Lipinski definition) is 8. The molecule has 0 aromatic heterocycles. The van der Waals surface area contributed by atoms with Gasteiger partial charge < -0.3 is 37.6 Å². The number of aliphatic carboxylic acids is 1. The van der Waals surface area contributed by atoms with E-state index in [1.54, 1.807) is 0 Å². The highest BCUT2D eigenvalue weighted by molar-refractivity contribution is 7.80. The van der Waals surface area contributed by atoms with Crippen molar-refractivity contribution in [1.82, 2.24) is 16.0 Å². The number of carbonyl (C=O) groups excluding carboxylic acids is 3. The fraction of sp³-hybridized carbons (Fsp3) is 0.545. The van der Waals surface area contributed by atoms with Crippen LogP contribution in [0, 0.1) is 0 Å². The summed E-state index contributed by atoms with van der Waals surface area (Å²) in [5.74, 6) is -3.58. The summed E-state index contributed by atoms with van der Waals surface area (Å²) in [6, 6.07) is 4.36. The molecule has 0 aliphatic heterocycles. The lowest BCUT2D eigenvalue weighted by Crippen LogP contribution is -2.60. The Balaban J connectivity index is 2.76. The van der Waals surface area contributed by atoms with Crippen LogP contribution in [0.3, 0.4) is 0 Å². The van der Waals surface area contributed by atoms with Crippen LogP contribution < -0.4 is 27.4 Å². The molecule has 0 aliphatic carbocycles. The van der Waals surface area contributed by atoms with Gasteiger partial charge in [-0.05, 0) is 44.7 Å². The van der Waals surface area contributed by atoms with Gasteiger partial charge in [0.2, 0.25) is 17.7 Å². The Morgan fingerprint density at radius 3 is 2.12 bits per heavy atom. The van der Waals surface area contributed by atoms with Crippen LogP contribution in [0.2, 0.25) is 0 Å². The van der Waals surface area contributed by atoms with Gasteiger partial charge in [0.15, 0.2) is 0 Å². The number of thiol groups is 1. The minimum Gasteiger partial charge on any atom is -0.480 e. The van der Waals surface area contributed by atoms with Gasteiger partial charge in [-0.3, -0.25) is 14.4 Å². The van der Waals surface area contributed by atoms with Crippen LogP contribution in [0.15, 0.2) is 30.3 Å². The number of carbonyl (C=O) groups is 4. The van der Waals surface area contributed by atoms with E-state index in [9.17, 15) is 29.4 Å². The Morgan fingerprint density at radius 2 is 1.59 bits per heavy atom. The van der Waals surface area contributed by atoms with Gasteiger partial charge in [0.1, 0.15) is 18.1 Å². The van der Waals surface area contributed by atoms with E-state index in [-0.39, 0.29) is 18.6 Å². The fourth-order valence-corrected chi connectivity index (χ4v) is 3.36. The number of nitrogens with one attached hydrogen (secondary N) is 3. The molecule has 1 aromatic carbocycles. The van der Waals surface area contributed by atoms with E-state index in [0.717, 1.165) is 5.56 Å². The van der Waals surface area contributed by atoms with Crippen LogP contribution in [0.5, 0.6) is 0 Å². The first-order valence-corrected chi connectivity index (χ1v) is 11.7. The molecule has 3 amide bonds. The normalized spacial score (nSPS) is 15.3. The molecule has 9 N–H and O–H groups in total. The van der Waals surface area contributed by atoms with Crippen molar-refractivity contribution in [3.63, 3.8) is 0 Å². The zero-order chi connectivity index (χ0) is 25.7. The minimum absolute atomic E-state index is 0.138. The van der Waals surface area contributed by atoms with Gasteiger partial charge in [-0.15, -0.1) is 0 Å². The molecule has 0 aliphatic rings. The molecule has 0 radical (unpaired) electrons. The number of unbranched alkanes of at least 4 members (excludes halogenated alkanes) is 1. The molecule has 12 heteroatoms. The molecule has 0 spiro atoms. The maximum absolute atomic E-state index is 12.7. The average molecular weight is 498 g/mol. The molecular weight excluding hydrogens is 462 g/mol. The Labute approximate surface area is 204 Å². The second-order valence-electron chi connectivity index (χ2n) is 7.95. The van der Waals surface area contributed by atoms with Gasteiger partial charge in [0.25, 0.3) is 0 Å². The van der Waals surface area contributed by atoms with Gasteiger partial charge in [-0.2, -0.15) is 12.6 Å². The van der Waals surface area contributed by atoms with Gasteiger partial charge in [0.05, 0.1) is 12.1 Å². The Morgan fingerprint density at radius 1 is 0.971 bits per heavy atom. The summed E-state index contributed by atoms with van der Waals surface area (Å²) in [6.45, 7) is 1.71. The van der Waals surface area contributed by atoms with E-state index in [1.807, 2.05) is 30.3 Å². The molecule has 1 rings (SSSR count). The van der Waals surface area contributed by atoms with Gasteiger partial charge in [-0.25, -0.2) is 4.79 Å². The van der Waals surface area contributed by atoms with Crippen molar-refractivity contribution in [2.45, 2.75) is 62.9 Å². The number of hydrogen-bond acceptors (Lipinski definition) is 8. The molecule has 0 saturated carbocycles. The van der Waals surface area contributed by atoms with E-state index < -0.39 is 54.0 Å². The summed E-state index contributed by atoms with van der Waals surface area (Å²) in [5.41, 5.74) is 12.2. The predicted octanol–water partition coefficient (Wildman–Crippen LogP) is -1.46. The van der Waals surface area contributed by atoms with E-state index in [4.69, 9.17) is 11.5 Å². The highest BCUT2D eigenvalue weighted by atomic mass is 32.1. The predicted molar refractivity (Wildman–Crippen MR) is 130 cm³/mol. The van der Waals surface area contributed by atoms with Crippen LogP contribution in [-0.2, 0) is 25.6 Å². The smallest absolute Gasteiger partial charge is 0.326 e. The lowest BCUT2D eigenvalue weighted by molar-refractivity contribution is -0.142. The van der Waals surface area contributed by atoms with E-state index >= 15 is 0 Å². The van der Waals surface area contributed by atoms with Gasteiger partial charge >= 0.3 is 5.97 Å². The van der Waals surface area contributed by atoms with Crippen LogP contribution in [0.4, 0.5) is 0 Å². The third kappa shape index (κ3) is 10.1. The first-order valence-electron chi connectivity index (χ1n) is 11.0. The number of amides is 3. The summed E-state index contributed by atoms with van der Waals surface area (Å²) >= 11 is 4.06. The molecular formula is C22H35N5O6S. The number of carboxylic acids is 1. The summed E-state index contributed by atoms with van der Waals surface area (Å²) in [6.07, 6.45) is 0.222. The second-order valence-corrected chi connectivity index (χ2v) is 8.32. The maximum Gasteiger partial charge on any atom is 0.326 e. The Kier molecular flexibility index (Phi) is 13.2. The highest BCUT2D eigenvalue weighted by Gasteiger charge is 2.31. The Bertz CT molecular complexity index is 810. The van der Waals surface area contributed by atoms with Crippen LogP contribution in [-0.4, -0.2) is 76.5 Å². The molecule has 0 heterocycles. The Hall–Kier alpha value is -2.67. The third-order valence-electron chi connectivity index (χ3n) is 5.07. The third-order valence-corrected chi connectivity index (χ3v) is 5.44.